The first-order valence-corrected chi connectivity index (χ1v) is 14.1. The first-order valence-electron chi connectivity index (χ1n) is 14.1. The number of nitro groups is 1. The van der Waals surface area contributed by atoms with E-state index in [4.69, 9.17) is 9.47 Å². The Labute approximate surface area is 244 Å². The van der Waals surface area contributed by atoms with Crippen LogP contribution in [0.15, 0.2) is 109 Å². The summed E-state index contributed by atoms with van der Waals surface area (Å²) in [6.45, 7) is 8.04. The van der Waals surface area contributed by atoms with Gasteiger partial charge >= 0.3 is 0 Å². The molecular formula is C36H32N2O4. The van der Waals surface area contributed by atoms with Crippen molar-refractivity contribution in [1.29, 1.82) is 0 Å². The van der Waals surface area contributed by atoms with Crippen molar-refractivity contribution in [2.24, 2.45) is 0 Å². The number of aromatic nitrogens is 1. The fourth-order valence-electron chi connectivity index (χ4n) is 5.48. The first kappa shape index (κ1) is 27.1. The van der Waals surface area contributed by atoms with Crippen LogP contribution < -0.4 is 9.47 Å². The number of hydrogen-bond donors (Lipinski definition) is 0. The summed E-state index contributed by atoms with van der Waals surface area (Å²) < 4.78 is 14.3. The Hall–Kier alpha value is -5.10. The van der Waals surface area contributed by atoms with Crippen LogP contribution in [0.4, 0.5) is 5.69 Å². The molecule has 0 amide bonds. The van der Waals surface area contributed by atoms with Crippen LogP contribution in [-0.4, -0.2) is 21.7 Å². The van der Waals surface area contributed by atoms with Crippen LogP contribution in [0.1, 0.15) is 27.7 Å². The van der Waals surface area contributed by atoms with E-state index in [1.54, 1.807) is 12.1 Å². The highest BCUT2D eigenvalue weighted by molar-refractivity contribution is 6.07. The predicted octanol–water partition coefficient (Wildman–Crippen LogP) is 9.60. The summed E-state index contributed by atoms with van der Waals surface area (Å²) in [6, 6.07) is 35.9. The molecule has 6 nitrogen and oxygen atoms in total. The van der Waals surface area contributed by atoms with Gasteiger partial charge in [0.1, 0.15) is 11.5 Å². The second kappa shape index (κ2) is 11.1. The standard InChI is InChI=1S/C36H32N2O4/c1-23(2)41-31-17-15-29(16-18-31)37-34-20-19-32(42-24(3)4)22-33(34)35(26-11-13-30(14-12-26)38(39)40)36(37)28-10-9-25-7-5-6-8-27(25)21-28/h5-24H,1-4H3. The minimum atomic E-state index is -0.368. The predicted molar refractivity (Wildman–Crippen MR) is 170 cm³/mol. The molecule has 0 saturated carbocycles. The number of ether oxygens (including phenoxy) is 2. The van der Waals surface area contributed by atoms with Gasteiger partial charge in [0, 0.05) is 28.8 Å². The number of nitro benzene ring substituents is 1. The zero-order valence-electron chi connectivity index (χ0n) is 24.1. The second-order valence-electron chi connectivity index (χ2n) is 10.9. The molecule has 1 aromatic heterocycles. The van der Waals surface area contributed by atoms with Gasteiger partial charge in [-0.1, -0.05) is 36.4 Å². The van der Waals surface area contributed by atoms with Gasteiger partial charge in [-0.25, -0.2) is 0 Å². The summed E-state index contributed by atoms with van der Waals surface area (Å²) in [6.07, 6.45) is 0.0883. The molecule has 0 unspecified atom stereocenters. The third-order valence-corrected chi connectivity index (χ3v) is 7.17. The molecule has 42 heavy (non-hydrogen) atoms. The van der Waals surface area contributed by atoms with Gasteiger partial charge in [-0.3, -0.25) is 10.1 Å². The highest BCUT2D eigenvalue weighted by atomic mass is 16.6. The number of nitrogens with zero attached hydrogens (tertiary/aromatic N) is 2. The molecule has 0 atom stereocenters. The van der Waals surface area contributed by atoms with Crippen LogP contribution in [0.2, 0.25) is 0 Å². The number of benzene rings is 5. The number of hydrogen-bond acceptors (Lipinski definition) is 4. The molecule has 0 bridgehead atoms. The van der Waals surface area contributed by atoms with Crippen LogP contribution in [0, 0.1) is 10.1 Å². The Kier molecular flexibility index (Phi) is 7.13. The average Bonchev–Trinajstić information content (AvgIpc) is 3.31. The van der Waals surface area contributed by atoms with Gasteiger partial charge in [-0.15, -0.1) is 0 Å². The van der Waals surface area contributed by atoms with Crippen LogP contribution >= 0.6 is 0 Å². The van der Waals surface area contributed by atoms with Crippen LogP contribution in [0.5, 0.6) is 11.5 Å². The Bertz CT molecular complexity index is 1900. The van der Waals surface area contributed by atoms with E-state index in [0.717, 1.165) is 61.2 Å². The molecule has 0 radical (unpaired) electrons. The quantitative estimate of drug-likeness (QED) is 0.138. The van der Waals surface area contributed by atoms with Crippen molar-refractivity contribution in [3.8, 4) is 39.6 Å². The Balaban J connectivity index is 1.69. The minimum absolute atomic E-state index is 0.0146. The van der Waals surface area contributed by atoms with Crippen LogP contribution in [-0.2, 0) is 0 Å². The van der Waals surface area contributed by atoms with Crippen molar-refractivity contribution < 1.29 is 14.4 Å². The van der Waals surface area contributed by atoms with Gasteiger partial charge in [-0.2, -0.15) is 0 Å². The van der Waals surface area contributed by atoms with Crippen molar-refractivity contribution in [3.05, 3.63) is 119 Å². The molecular weight excluding hydrogens is 524 g/mol. The summed E-state index contributed by atoms with van der Waals surface area (Å²) in [5, 5.41) is 14.8. The normalized spacial score (nSPS) is 11.5. The number of non-ortho nitro benzene ring substituents is 1. The molecule has 5 aromatic carbocycles. The maximum Gasteiger partial charge on any atom is 0.269 e. The van der Waals surface area contributed by atoms with E-state index < -0.39 is 0 Å². The van der Waals surface area contributed by atoms with Crippen molar-refractivity contribution in [2.45, 2.75) is 39.9 Å². The van der Waals surface area contributed by atoms with Crippen molar-refractivity contribution in [2.75, 3.05) is 0 Å². The lowest BCUT2D eigenvalue weighted by atomic mass is 9.96. The van der Waals surface area contributed by atoms with Crippen molar-refractivity contribution in [1.82, 2.24) is 4.57 Å². The van der Waals surface area contributed by atoms with E-state index >= 15 is 0 Å². The molecule has 0 saturated heterocycles. The van der Waals surface area contributed by atoms with E-state index in [1.165, 1.54) is 0 Å². The molecule has 0 spiro atoms. The lowest BCUT2D eigenvalue weighted by molar-refractivity contribution is -0.384. The fourth-order valence-corrected chi connectivity index (χ4v) is 5.48. The highest BCUT2D eigenvalue weighted by Crippen LogP contribution is 2.45. The minimum Gasteiger partial charge on any atom is -0.491 e. The zero-order valence-corrected chi connectivity index (χ0v) is 24.1. The van der Waals surface area contributed by atoms with Crippen molar-refractivity contribution in [3.63, 3.8) is 0 Å². The van der Waals surface area contributed by atoms with Crippen molar-refractivity contribution >= 4 is 27.4 Å². The van der Waals surface area contributed by atoms with Crippen LogP contribution in [0.25, 0.3) is 49.7 Å². The Morgan fingerprint density at radius 1 is 0.667 bits per heavy atom. The summed E-state index contributed by atoms with van der Waals surface area (Å²) >= 11 is 0. The van der Waals surface area contributed by atoms with Gasteiger partial charge in [0.2, 0.25) is 0 Å². The summed E-state index contributed by atoms with van der Waals surface area (Å²) in [7, 11) is 0. The second-order valence-corrected chi connectivity index (χ2v) is 10.9. The first-order chi connectivity index (χ1) is 20.3. The fraction of sp³-hybridized carbons (Fsp3) is 0.167. The van der Waals surface area contributed by atoms with Gasteiger partial charge in [0.05, 0.1) is 28.3 Å². The third kappa shape index (κ3) is 5.19. The molecule has 0 fully saturated rings. The van der Waals surface area contributed by atoms with E-state index in [0.29, 0.717) is 0 Å². The van der Waals surface area contributed by atoms with Gasteiger partial charge < -0.3 is 14.0 Å². The molecule has 6 heteroatoms. The average molecular weight is 557 g/mol. The lowest BCUT2D eigenvalue weighted by Crippen LogP contribution is -2.05. The molecule has 0 aliphatic rings. The SMILES string of the molecule is CC(C)Oc1ccc(-n2c(-c3ccc4ccccc4c3)c(-c3ccc([N+](=O)[O-])cc3)c3cc(OC(C)C)ccc32)cc1. The summed E-state index contributed by atoms with van der Waals surface area (Å²) in [5.74, 6) is 1.57. The lowest BCUT2D eigenvalue weighted by Gasteiger charge is -2.15. The van der Waals surface area contributed by atoms with Gasteiger partial charge in [0.25, 0.3) is 5.69 Å². The Morgan fingerprint density at radius 3 is 1.95 bits per heavy atom. The number of fused-ring (bicyclic) bond motifs is 2. The van der Waals surface area contributed by atoms with E-state index in [-0.39, 0.29) is 22.8 Å². The molecule has 6 aromatic rings. The molecule has 0 aliphatic heterocycles. The largest absolute Gasteiger partial charge is 0.491 e. The summed E-state index contributed by atoms with van der Waals surface area (Å²) in [4.78, 5) is 11.1. The molecule has 1 heterocycles. The maximum absolute atomic E-state index is 11.5. The highest BCUT2D eigenvalue weighted by Gasteiger charge is 2.23. The maximum atomic E-state index is 11.5. The smallest absolute Gasteiger partial charge is 0.269 e. The Morgan fingerprint density at radius 2 is 1.29 bits per heavy atom. The van der Waals surface area contributed by atoms with Crippen LogP contribution in [0.3, 0.4) is 0 Å². The monoisotopic (exact) mass is 556 g/mol. The summed E-state index contributed by atoms with van der Waals surface area (Å²) in [5.41, 5.74) is 5.92. The third-order valence-electron chi connectivity index (χ3n) is 7.17. The molecule has 6 rings (SSSR count). The number of rotatable bonds is 8. The van der Waals surface area contributed by atoms with E-state index in [9.17, 15) is 10.1 Å². The van der Waals surface area contributed by atoms with Gasteiger partial charge in [0.15, 0.2) is 0 Å². The zero-order chi connectivity index (χ0) is 29.4. The topological polar surface area (TPSA) is 66.5 Å². The molecule has 210 valence electrons. The molecule has 0 N–H and O–H groups in total. The molecule has 0 aliphatic carbocycles. The van der Waals surface area contributed by atoms with E-state index in [1.807, 2.05) is 70.2 Å². The van der Waals surface area contributed by atoms with E-state index in [2.05, 4.69) is 59.2 Å². The van der Waals surface area contributed by atoms with Gasteiger partial charge in [-0.05, 0) is 110 Å².